The summed E-state index contributed by atoms with van der Waals surface area (Å²) in [6, 6.07) is 4.02. The standard InChI is InChI=1S/C17H22N4O3/c1-10-5-11-6-14(23-4)12(7-15(11)24-10)8-18-16-13(9-19-20-16)17(22)21(2)3/h6-7,9-10H,5,8H2,1-4H3,(H2,18,19,20). The fourth-order valence-corrected chi connectivity index (χ4v) is 2.82. The van der Waals surface area contributed by atoms with E-state index in [1.807, 2.05) is 19.1 Å². The fourth-order valence-electron chi connectivity index (χ4n) is 2.82. The number of hydrogen-bond donors (Lipinski definition) is 2. The Morgan fingerprint density at radius 1 is 1.50 bits per heavy atom. The number of nitrogens with zero attached hydrogens (tertiary/aromatic N) is 2. The second kappa shape index (κ2) is 6.43. The summed E-state index contributed by atoms with van der Waals surface area (Å²) in [6.07, 6.45) is 2.60. The molecule has 24 heavy (non-hydrogen) atoms. The number of amides is 1. The van der Waals surface area contributed by atoms with Gasteiger partial charge in [-0.05, 0) is 19.1 Å². The van der Waals surface area contributed by atoms with E-state index >= 15 is 0 Å². The first kappa shape index (κ1) is 16.2. The first-order valence-electron chi connectivity index (χ1n) is 7.85. The first-order valence-corrected chi connectivity index (χ1v) is 7.85. The van der Waals surface area contributed by atoms with Gasteiger partial charge in [0, 0.05) is 38.2 Å². The number of H-pyrrole nitrogens is 1. The van der Waals surface area contributed by atoms with Crippen LogP contribution in [0.25, 0.3) is 0 Å². The van der Waals surface area contributed by atoms with Crippen LogP contribution in [0.3, 0.4) is 0 Å². The maximum atomic E-state index is 12.1. The van der Waals surface area contributed by atoms with Gasteiger partial charge in [0.25, 0.3) is 5.91 Å². The van der Waals surface area contributed by atoms with E-state index in [1.165, 1.54) is 11.1 Å². The SMILES string of the molecule is COc1cc2c(cc1CNc1[nH]ncc1C(=O)N(C)C)OC(C)C2. The molecule has 3 rings (SSSR count). The van der Waals surface area contributed by atoms with Gasteiger partial charge in [0.15, 0.2) is 0 Å². The predicted octanol–water partition coefficient (Wildman–Crippen LogP) is 2.06. The average Bonchev–Trinajstić information content (AvgIpc) is 3.15. The van der Waals surface area contributed by atoms with Crippen LogP contribution in [0.4, 0.5) is 5.82 Å². The molecule has 0 aliphatic carbocycles. The molecule has 0 radical (unpaired) electrons. The van der Waals surface area contributed by atoms with Crippen LogP contribution in [0.1, 0.15) is 28.4 Å². The maximum absolute atomic E-state index is 12.1. The van der Waals surface area contributed by atoms with Gasteiger partial charge >= 0.3 is 0 Å². The predicted molar refractivity (Wildman–Crippen MR) is 90.7 cm³/mol. The van der Waals surface area contributed by atoms with Crippen LogP contribution in [0.2, 0.25) is 0 Å². The van der Waals surface area contributed by atoms with Crippen LogP contribution in [-0.2, 0) is 13.0 Å². The lowest BCUT2D eigenvalue weighted by Gasteiger charge is -2.14. The zero-order chi connectivity index (χ0) is 17.3. The summed E-state index contributed by atoms with van der Waals surface area (Å²) in [7, 11) is 5.07. The number of methoxy groups -OCH3 is 1. The smallest absolute Gasteiger partial charge is 0.258 e. The molecule has 1 aromatic carbocycles. The molecule has 2 aromatic rings. The van der Waals surface area contributed by atoms with Crippen molar-refractivity contribution in [2.75, 3.05) is 26.5 Å². The molecular weight excluding hydrogens is 308 g/mol. The highest BCUT2D eigenvalue weighted by atomic mass is 16.5. The third-order valence-corrected chi connectivity index (χ3v) is 4.03. The lowest BCUT2D eigenvalue weighted by atomic mass is 10.1. The summed E-state index contributed by atoms with van der Waals surface area (Å²) in [5, 5.41) is 10.0. The van der Waals surface area contributed by atoms with E-state index in [0.29, 0.717) is 17.9 Å². The minimum Gasteiger partial charge on any atom is -0.496 e. The molecule has 1 unspecified atom stereocenters. The van der Waals surface area contributed by atoms with Gasteiger partial charge in [-0.3, -0.25) is 9.89 Å². The minimum atomic E-state index is -0.107. The Hall–Kier alpha value is -2.70. The molecule has 1 aromatic heterocycles. The molecule has 2 heterocycles. The van der Waals surface area contributed by atoms with Gasteiger partial charge in [-0.25, -0.2) is 0 Å². The van der Waals surface area contributed by atoms with E-state index in [0.717, 1.165) is 29.0 Å². The Balaban J connectivity index is 1.80. The molecule has 1 atom stereocenters. The number of rotatable bonds is 5. The number of aromatic nitrogens is 2. The van der Waals surface area contributed by atoms with E-state index in [-0.39, 0.29) is 12.0 Å². The van der Waals surface area contributed by atoms with E-state index in [9.17, 15) is 4.79 Å². The number of hydrogen-bond acceptors (Lipinski definition) is 5. The Labute approximate surface area is 140 Å². The van der Waals surface area contributed by atoms with Crippen molar-refractivity contribution in [2.24, 2.45) is 0 Å². The van der Waals surface area contributed by atoms with Gasteiger partial charge in [0.1, 0.15) is 29.0 Å². The van der Waals surface area contributed by atoms with Gasteiger partial charge < -0.3 is 19.7 Å². The summed E-state index contributed by atoms with van der Waals surface area (Å²) in [5.74, 6) is 2.18. The fraction of sp³-hybridized carbons (Fsp3) is 0.412. The number of benzene rings is 1. The highest BCUT2D eigenvalue weighted by Gasteiger charge is 2.22. The molecule has 2 N–H and O–H groups in total. The quantitative estimate of drug-likeness (QED) is 0.877. The first-order chi connectivity index (χ1) is 11.5. The van der Waals surface area contributed by atoms with Crippen molar-refractivity contribution in [3.05, 3.63) is 35.0 Å². The zero-order valence-electron chi connectivity index (χ0n) is 14.3. The van der Waals surface area contributed by atoms with Gasteiger partial charge in [-0.2, -0.15) is 5.10 Å². The molecule has 1 aliphatic heterocycles. The van der Waals surface area contributed by atoms with Crippen molar-refractivity contribution in [1.82, 2.24) is 15.1 Å². The van der Waals surface area contributed by atoms with Gasteiger partial charge in [0.05, 0.1) is 13.3 Å². The lowest BCUT2D eigenvalue weighted by Crippen LogP contribution is -2.22. The maximum Gasteiger partial charge on any atom is 0.258 e. The molecule has 7 heteroatoms. The third kappa shape index (κ3) is 3.02. The van der Waals surface area contributed by atoms with Crippen LogP contribution in [0, 0.1) is 0 Å². The second-order valence-corrected chi connectivity index (χ2v) is 6.12. The topological polar surface area (TPSA) is 79.5 Å². The van der Waals surface area contributed by atoms with E-state index < -0.39 is 0 Å². The molecule has 128 valence electrons. The normalized spacial score (nSPS) is 15.6. The van der Waals surface area contributed by atoms with Crippen LogP contribution >= 0.6 is 0 Å². The Morgan fingerprint density at radius 3 is 3.00 bits per heavy atom. The zero-order valence-corrected chi connectivity index (χ0v) is 14.3. The van der Waals surface area contributed by atoms with Gasteiger partial charge in [-0.15, -0.1) is 0 Å². The molecular formula is C17H22N4O3. The van der Waals surface area contributed by atoms with Crippen molar-refractivity contribution >= 4 is 11.7 Å². The number of aromatic amines is 1. The second-order valence-electron chi connectivity index (χ2n) is 6.12. The Kier molecular flexibility index (Phi) is 4.33. The molecule has 0 saturated carbocycles. The molecule has 1 aliphatic rings. The summed E-state index contributed by atoms with van der Waals surface area (Å²) in [4.78, 5) is 13.6. The minimum absolute atomic E-state index is 0.107. The average molecular weight is 330 g/mol. The molecule has 0 spiro atoms. The van der Waals surface area contributed by atoms with Crippen molar-refractivity contribution in [3.8, 4) is 11.5 Å². The molecule has 7 nitrogen and oxygen atoms in total. The van der Waals surface area contributed by atoms with Crippen molar-refractivity contribution in [1.29, 1.82) is 0 Å². The van der Waals surface area contributed by atoms with Crippen LogP contribution < -0.4 is 14.8 Å². The highest BCUT2D eigenvalue weighted by molar-refractivity contribution is 5.98. The summed E-state index contributed by atoms with van der Waals surface area (Å²) in [5.41, 5.74) is 2.63. The van der Waals surface area contributed by atoms with E-state index in [2.05, 4.69) is 15.5 Å². The number of fused-ring (bicyclic) bond motifs is 1. The number of anilines is 1. The van der Waals surface area contributed by atoms with Gasteiger partial charge in [-0.1, -0.05) is 0 Å². The Morgan fingerprint density at radius 2 is 2.29 bits per heavy atom. The lowest BCUT2D eigenvalue weighted by molar-refractivity contribution is 0.0828. The number of carbonyl (C=O) groups is 1. The summed E-state index contributed by atoms with van der Waals surface area (Å²) < 4.78 is 11.3. The molecule has 1 amide bonds. The Bertz CT molecular complexity index is 754. The van der Waals surface area contributed by atoms with Crippen molar-refractivity contribution in [2.45, 2.75) is 26.0 Å². The van der Waals surface area contributed by atoms with Crippen LogP contribution in [0.5, 0.6) is 11.5 Å². The van der Waals surface area contributed by atoms with Crippen LogP contribution in [0.15, 0.2) is 18.3 Å². The highest BCUT2D eigenvalue weighted by Crippen LogP contribution is 2.35. The molecule has 0 fully saturated rings. The van der Waals surface area contributed by atoms with E-state index in [1.54, 1.807) is 21.2 Å². The molecule has 0 bridgehead atoms. The number of carbonyl (C=O) groups excluding carboxylic acids is 1. The number of nitrogens with one attached hydrogen (secondary N) is 2. The van der Waals surface area contributed by atoms with Crippen LogP contribution in [-0.4, -0.2) is 48.3 Å². The molecule has 0 saturated heterocycles. The van der Waals surface area contributed by atoms with E-state index in [4.69, 9.17) is 9.47 Å². The summed E-state index contributed by atoms with van der Waals surface area (Å²) in [6.45, 7) is 2.54. The van der Waals surface area contributed by atoms with Crippen molar-refractivity contribution < 1.29 is 14.3 Å². The largest absolute Gasteiger partial charge is 0.496 e. The van der Waals surface area contributed by atoms with Gasteiger partial charge in [0.2, 0.25) is 0 Å². The van der Waals surface area contributed by atoms with Crippen molar-refractivity contribution in [3.63, 3.8) is 0 Å². The number of ether oxygens (including phenoxy) is 2. The third-order valence-electron chi connectivity index (χ3n) is 4.03. The summed E-state index contributed by atoms with van der Waals surface area (Å²) >= 11 is 0. The monoisotopic (exact) mass is 330 g/mol.